The Balaban J connectivity index is 1.84. The fourth-order valence-electron chi connectivity index (χ4n) is 2.95. The fourth-order valence-corrected chi connectivity index (χ4v) is 2.95. The van der Waals surface area contributed by atoms with Crippen LogP contribution in [0.4, 0.5) is 0 Å². The van der Waals surface area contributed by atoms with Crippen molar-refractivity contribution in [3.8, 4) is 22.8 Å². The molecular weight excluding hydrogens is 328 g/mol. The molecule has 0 atom stereocenters. The molecule has 0 saturated carbocycles. The monoisotopic (exact) mass is 346 g/mol. The lowest BCUT2D eigenvalue weighted by atomic mass is 10.1. The molecule has 0 unspecified atom stereocenters. The number of ether oxygens (including phenoxy) is 1. The van der Waals surface area contributed by atoms with Crippen molar-refractivity contribution in [3.05, 3.63) is 59.4 Å². The first-order chi connectivity index (χ1) is 12.6. The van der Waals surface area contributed by atoms with E-state index >= 15 is 0 Å². The van der Waals surface area contributed by atoms with E-state index in [4.69, 9.17) is 4.74 Å². The van der Waals surface area contributed by atoms with Gasteiger partial charge in [0.25, 0.3) is 0 Å². The zero-order valence-corrected chi connectivity index (χ0v) is 14.8. The van der Waals surface area contributed by atoms with Gasteiger partial charge in [0, 0.05) is 16.8 Å². The molecule has 0 radical (unpaired) electrons. The van der Waals surface area contributed by atoms with Gasteiger partial charge in [-0.3, -0.25) is 0 Å². The number of imidazole rings is 2. The summed E-state index contributed by atoms with van der Waals surface area (Å²) in [6.45, 7) is 3.98. The normalized spacial score (nSPS) is 11.0. The largest absolute Gasteiger partial charge is 0.465 e. The molecule has 0 aliphatic heterocycles. The third-order valence-corrected chi connectivity index (χ3v) is 4.47. The van der Waals surface area contributed by atoms with E-state index in [1.165, 1.54) is 7.11 Å². The van der Waals surface area contributed by atoms with Crippen LogP contribution in [0, 0.1) is 13.8 Å². The topological polar surface area (TPSA) is 83.7 Å². The molecule has 2 heterocycles. The van der Waals surface area contributed by atoms with Crippen LogP contribution >= 0.6 is 0 Å². The number of nitrogens with zero attached hydrogens (tertiary/aromatic N) is 2. The molecule has 2 N–H and O–H groups in total. The number of aromatic amines is 2. The minimum atomic E-state index is -0.370. The van der Waals surface area contributed by atoms with Crippen LogP contribution in [0.25, 0.3) is 33.8 Å². The molecule has 130 valence electrons. The number of carbonyl (C=O) groups excluding carboxylic acids is 1. The highest BCUT2D eigenvalue weighted by atomic mass is 16.5. The number of methoxy groups -OCH3 is 1. The summed E-state index contributed by atoms with van der Waals surface area (Å²) in [5, 5.41) is 0. The molecule has 0 aliphatic rings. The molecule has 4 rings (SSSR count). The van der Waals surface area contributed by atoms with Gasteiger partial charge in [-0.2, -0.15) is 0 Å². The van der Waals surface area contributed by atoms with Gasteiger partial charge in [-0.15, -0.1) is 0 Å². The molecule has 0 amide bonds. The smallest absolute Gasteiger partial charge is 0.337 e. The number of nitrogens with one attached hydrogen (secondary N) is 2. The van der Waals surface area contributed by atoms with E-state index in [2.05, 4.69) is 19.9 Å². The summed E-state index contributed by atoms with van der Waals surface area (Å²) in [5.41, 5.74) is 5.98. The number of benzene rings is 2. The highest BCUT2D eigenvalue weighted by Gasteiger charge is 2.15. The first kappa shape index (κ1) is 16.1. The van der Waals surface area contributed by atoms with Gasteiger partial charge in [0.05, 0.1) is 29.4 Å². The summed E-state index contributed by atoms with van der Waals surface area (Å²) in [6, 6.07) is 13.2. The van der Waals surface area contributed by atoms with Crippen molar-refractivity contribution < 1.29 is 9.53 Å². The zero-order valence-electron chi connectivity index (χ0n) is 14.8. The lowest BCUT2D eigenvalue weighted by Gasteiger charge is -2.04. The van der Waals surface area contributed by atoms with Gasteiger partial charge in [-0.1, -0.05) is 24.3 Å². The van der Waals surface area contributed by atoms with Crippen molar-refractivity contribution in [2.75, 3.05) is 7.11 Å². The lowest BCUT2D eigenvalue weighted by molar-refractivity contribution is 0.0601. The van der Waals surface area contributed by atoms with E-state index in [-0.39, 0.29) is 5.97 Å². The first-order valence-corrected chi connectivity index (χ1v) is 8.28. The van der Waals surface area contributed by atoms with E-state index < -0.39 is 0 Å². The molecule has 26 heavy (non-hydrogen) atoms. The van der Waals surface area contributed by atoms with Crippen LogP contribution in [0.1, 0.15) is 21.7 Å². The van der Waals surface area contributed by atoms with E-state index in [1.807, 2.05) is 44.2 Å². The predicted octanol–water partition coefficient (Wildman–Crippen LogP) is 4.02. The number of hydrogen-bond acceptors (Lipinski definition) is 4. The van der Waals surface area contributed by atoms with Gasteiger partial charge in [-0.05, 0) is 32.0 Å². The Hall–Kier alpha value is -3.41. The summed E-state index contributed by atoms with van der Waals surface area (Å²) >= 11 is 0. The summed E-state index contributed by atoms with van der Waals surface area (Å²) in [4.78, 5) is 27.6. The Labute approximate surface area is 150 Å². The van der Waals surface area contributed by atoms with Crippen LogP contribution in [0.3, 0.4) is 0 Å². The van der Waals surface area contributed by atoms with Crippen LogP contribution in [0.15, 0.2) is 42.5 Å². The number of esters is 1. The SMILES string of the molecule is COC(=O)c1ccc2nc(-c3ccccc3-c3nc(C)c(C)[nH]3)[nH]c2c1. The molecule has 0 saturated heterocycles. The minimum Gasteiger partial charge on any atom is -0.465 e. The zero-order chi connectivity index (χ0) is 18.3. The maximum atomic E-state index is 11.7. The van der Waals surface area contributed by atoms with Gasteiger partial charge in [-0.25, -0.2) is 14.8 Å². The van der Waals surface area contributed by atoms with Gasteiger partial charge in [0.2, 0.25) is 0 Å². The predicted molar refractivity (Wildman–Crippen MR) is 99.9 cm³/mol. The average molecular weight is 346 g/mol. The minimum absolute atomic E-state index is 0.370. The van der Waals surface area contributed by atoms with Gasteiger partial charge >= 0.3 is 5.97 Å². The number of fused-ring (bicyclic) bond motifs is 1. The first-order valence-electron chi connectivity index (χ1n) is 8.28. The number of hydrogen-bond donors (Lipinski definition) is 2. The van der Waals surface area contributed by atoms with Crippen molar-refractivity contribution in [1.29, 1.82) is 0 Å². The third kappa shape index (κ3) is 2.65. The molecule has 0 spiro atoms. The van der Waals surface area contributed by atoms with Crippen LogP contribution in [-0.2, 0) is 4.74 Å². The lowest BCUT2D eigenvalue weighted by Crippen LogP contribution is -2.00. The molecule has 6 heteroatoms. The number of carbonyl (C=O) groups is 1. The number of aromatic nitrogens is 4. The van der Waals surface area contributed by atoms with Crippen LogP contribution in [-0.4, -0.2) is 33.0 Å². The maximum absolute atomic E-state index is 11.7. The maximum Gasteiger partial charge on any atom is 0.337 e. The summed E-state index contributed by atoms with van der Waals surface area (Å²) < 4.78 is 4.78. The standard InChI is InChI=1S/C20H18N4O2/c1-11-12(2)22-18(21-11)14-6-4-5-7-15(14)19-23-16-9-8-13(20(25)26-3)10-17(16)24-19/h4-10H,1-3H3,(H,21,22)(H,23,24). The number of aryl methyl sites for hydroxylation is 2. The molecule has 0 bridgehead atoms. The number of rotatable bonds is 3. The third-order valence-electron chi connectivity index (χ3n) is 4.47. The number of H-pyrrole nitrogens is 2. The molecule has 2 aromatic carbocycles. The van der Waals surface area contributed by atoms with E-state index in [9.17, 15) is 4.79 Å². The second-order valence-electron chi connectivity index (χ2n) is 6.15. The molecule has 2 aromatic heterocycles. The van der Waals surface area contributed by atoms with E-state index in [0.29, 0.717) is 5.56 Å². The van der Waals surface area contributed by atoms with Crippen molar-refractivity contribution in [1.82, 2.24) is 19.9 Å². The van der Waals surface area contributed by atoms with Gasteiger partial charge in [0.1, 0.15) is 11.6 Å². The van der Waals surface area contributed by atoms with Crippen LogP contribution in [0.5, 0.6) is 0 Å². The highest BCUT2D eigenvalue weighted by Crippen LogP contribution is 2.30. The molecule has 0 fully saturated rings. The summed E-state index contributed by atoms with van der Waals surface area (Å²) in [6.07, 6.45) is 0. The Morgan fingerprint density at radius 2 is 1.65 bits per heavy atom. The highest BCUT2D eigenvalue weighted by molar-refractivity contribution is 5.94. The molecule has 0 aliphatic carbocycles. The quantitative estimate of drug-likeness (QED) is 0.549. The molecular formula is C20H18N4O2. The van der Waals surface area contributed by atoms with Gasteiger partial charge in [0.15, 0.2) is 0 Å². The van der Waals surface area contributed by atoms with E-state index in [1.54, 1.807) is 12.1 Å². The second-order valence-corrected chi connectivity index (χ2v) is 6.15. The molecule has 6 nitrogen and oxygen atoms in total. The Morgan fingerprint density at radius 1 is 0.962 bits per heavy atom. The Morgan fingerprint density at radius 3 is 2.27 bits per heavy atom. The summed E-state index contributed by atoms with van der Waals surface area (Å²) in [5.74, 6) is 1.17. The second kappa shape index (κ2) is 6.15. The van der Waals surface area contributed by atoms with E-state index in [0.717, 1.165) is 45.2 Å². The van der Waals surface area contributed by atoms with Crippen molar-refractivity contribution in [2.24, 2.45) is 0 Å². The van der Waals surface area contributed by atoms with Crippen LogP contribution < -0.4 is 0 Å². The Bertz CT molecular complexity index is 1100. The fraction of sp³-hybridized carbons (Fsp3) is 0.150. The molecule has 4 aromatic rings. The van der Waals surface area contributed by atoms with Crippen molar-refractivity contribution >= 4 is 17.0 Å². The summed E-state index contributed by atoms with van der Waals surface area (Å²) in [7, 11) is 1.37. The van der Waals surface area contributed by atoms with Gasteiger partial charge < -0.3 is 14.7 Å². The Kier molecular flexibility index (Phi) is 3.80. The average Bonchev–Trinajstić information content (AvgIpc) is 3.23. The van der Waals surface area contributed by atoms with Crippen molar-refractivity contribution in [3.63, 3.8) is 0 Å². The van der Waals surface area contributed by atoms with Crippen molar-refractivity contribution in [2.45, 2.75) is 13.8 Å². The van der Waals surface area contributed by atoms with Crippen LogP contribution in [0.2, 0.25) is 0 Å².